The van der Waals surface area contributed by atoms with E-state index in [4.69, 9.17) is 9.84 Å². The molecule has 1 aliphatic heterocycles. The van der Waals surface area contributed by atoms with Crippen molar-refractivity contribution < 1.29 is 23.8 Å². The lowest BCUT2D eigenvalue weighted by Gasteiger charge is -2.38. The van der Waals surface area contributed by atoms with Crippen molar-refractivity contribution in [3.63, 3.8) is 0 Å². The summed E-state index contributed by atoms with van der Waals surface area (Å²) in [6.45, 7) is 3.51. The Hall–Kier alpha value is -2.89. The Morgan fingerprint density at radius 2 is 1.88 bits per heavy atom. The van der Waals surface area contributed by atoms with E-state index in [2.05, 4.69) is 0 Å². The van der Waals surface area contributed by atoms with E-state index in [-0.39, 0.29) is 18.0 Å². The van der Waals surface area contributed by atoms with Crippen LogP contribution in [0.3, 0.4) is 0 Å². The molecule has 0 fully saturated rings. The van der Waals surface area contributed by atoms with Crippen LogP contribution >= 0.6 is 0 Å². The van der Waals surface area contributed by atoms with Gasteiger partial charge in [-0.05, 0) is 43.7 Å². The second kappa shape index (κ2) is 5.63. The van der Waals surface area contributed by atoms with Gasteiger partial charge in [0.1, 0.15) is 11.6 Å². The van der Waals surface area contributed by atoms with E-state index >= 15 is 0 Å². The van der Waals surface area contributed by atoms with Crippen LogP contribution in [-0.2, 0) is 11.3 Å². The average Bonchev–Trinajstić information content (AvgIpc) is 2.53. The van der Waals surface area contributed by atoms with Gasteiger partial charge in [-0.15, -0.1) is 0 Å². The number of aromatic carboxylic acids is 1. The standard InChI is InChI=1S/C18H16FNO4/c1-18(2)17(23)20(14-9-13(19)7-8-15(14)24-18)10-11-3-5-12(6-4-11)16(21)22/h3-9H,10H2,1-2H3,(H,21,22). The first-order valence-corrected chi connectivity index (χ1v) is 7.41. The number of benzene rings is 2. The second-order valence-corrected chi connectivity index (χ2v) is 6.12. The van der Waals surface area contributed by atoms with E-state index in [0.29, 0.717) is 11.4 Å². The SMILES string of the molecule is CC1(C)Oc2ccc(F)cc2N(Cc2ccc(C(=O)O)cc2)C1=O. The van der Waals surface area contributed by atoms with E-state index < -0.39 is 17.4 Å². The van der Waals surface area contributed by atoms with Crippen LogP contribution in [0.4, 0.5) is 10.1 Å². The van der Waals surface area contributed by atoms with Gasteiger partial charge in [0, 0.05) is 6.07 Å². The van der Waals surface area contributed by atoms with Gasteiger partial charge < -0.3 is 14.7 Å². The minimum atomic E-state index is -1.06. The number of nitrogens with zero attached hydrogens (tertiary/aromatic N) is 1. The molecule has 0 saturated carbocycles. The number of carbonyl (C=O) groups is 2. The highest BCUT2D eigenvalue weighted by Gasteiger charge is 2.41. The highest BCUT2D eigenvalue weighted by Crippen LogP contribution is 2.38. The van der Waals surface area contributed by atoms with Gasteiger partial charge in [0.25, 0.3) is 5.91 Å². The second-order valence-electron chi connectivity index (χ2n) is 6.12. The molecule has 124 valence electrons. The molecule has 3 rings (SSSR count). The molecular formula is C18H16FNO4. The number of rotatable bonds is 3. The average molecular weight is 329 g/mol. The van der Waals surface area contributed by atoms with Gasteiger partial charge in [0.15, 0.2) is 5.60 Å². The number of amides is 1. The summed E-state index contributed by atoms with van der Waals surface area (Å²) in [6.07, 6.45) is 0. The Morgan fingerprint density at radius 1 is 1.21 bits per heavy atom. The lowest BCUT2D eigenvalue weighted by Crippen LogP contribution is -2.52. The fourth-order valence-electron chi connectivity index (χ4n) is 2.63. The topological polar surface area (TPSA) is 66.8 Å². The number of anilines is 1. The van der Waals surface area contributed by atoms with Crippen LogP contribution < -0.4 is 9.64 Å². The maximum atomic E-state index is 13.6. The summed E-state index contributed by atoms with van der Waals surface area (Å²) in [6, 6.07) is 10.3. The maximum absolute atomic E-state index is 13.6. The Morgan fingerprint density at radius 3 is 2.50 bits per heavy atom. The van der Waals surface area contributed by atoms with Crippen LogP contribution in [0, 0.1) is 5.82 Å². The zero-order valence-corrected chi connectivity index (χ0v) is 13.2. The molecule has 2 aromatic carbocycles. The van der Waals surface area contributed by atoms with Crippen molar-refractivity contribution in [2.45, 2.75) is 26.0 Å². The molecule has 2 aromatic rings. The monoisotopic (exact) mass is 329 g/mol. The maximum Gasteiger partial charge on any atom is 0.335 e. The third-order valence-corrected chi connectivity index (χ3v) is 3.88. The third kappa shape index (κ3) is 2.82. The molecule has 0 saturated heterocycles. The molecule has 24 heavy (non-hydrogen) atoms. The summed E-state index contributed by atoms with van der Waals surface area (Å²) in [5.41, 5.74) is 0.202. The van der Waals surface area contributed by atoms with Crippen molar-refractivity contribution in [1.29, 1.82) is 0 Å². The molecule has 1 aliphatic rings. The molecule has 1 N–H and O–H groups in total. The highest BCUT2D eigenvalue weighted by atomic mass is 19.1. The van der Waals surface area contributed by atoms with Crippen molar-refractivity contribution in [1.82, 2.24) is 0 Å². The summed E-state index contributed by atoms with van der Waals surface area (Å²) in [5.74, 6) is -1.33. The predicted octanol–water partition coefficient (Wildman–Crippen LogP) is 3.23. The summed E-state index contributed by atoms with van der Waals surface area (Å²) in [4.78, 5) is 25.1. The minimum absolute atomic E-state index is 0.166. The first-order chi connectivity index (χ1) is 11.3. The van der Waals surface area contributed by atoms with E-state index in [1.807, 2.05) is 0 Å². The largest absolute Gasteiger partial charge is 0.478 e. The zero-order chi connectivity index (χ0) is 17.5. The summed E-state index contributed by atoms with van der Waals surface area (Å²) >= 11 is 0. The molecule has 0 radical (unpaired) electrons. The summed E-state index contributed by atoms with van der Waals surface area (Å²) < 4.78 is 19.3. The molecule has 5 nitrogen and oxygen atoms in total. The van der Waals surface area contributed by atoms with Gasteiger partial charge in [-0.2, -0.15) is 0 Å². The Bertz CT molecular complexity index is 814. The minimum Gasteiger partial charge on any atom is -0.478 e. The quantitative estimate of drug-likeness (QED) is 0.939. The molecule has 0 bridgehead atoms. The lowest BCUT2D eigenvalue weighted by molar-refractivity contribution is -0.132. The van der Waals surface area contributed by atoms with E-state index in [1.54, 1.807) is 26.0 Å². The van der Waals surface area contributed by atoms with Crippen LogP contribution in [0.5, 0.6) is 5.75 Å². The van der Waals surface area contributed by atoms with Crippen molar-refractivity contribution in [3.8, 4) is 5.75 Å². The van der Waals surface area contributed by atoms with Gasteiger partial charge in [0.2, 0.25) is 0 Å². The smallest absolute Gasteiger partial charge is 0.335 e. The molecule has 0 aliphatic carbocycles. The molecule has 1 amide bonds. The number of fused-ring (bicyclic) bond motifs is 1. The number of hydrogen-bond donors (Lipinski definition) is 1. The first kappa shape index (κ1) is 16.0. The van der Waals surface area contributed by atoms with E-state index in [0.717, 1.165) is 5.56 Å². The predicted molar refractivity (Wildman–Crippen MR) is 85.7 cm³/mol. The molecule has 0 unspecified atom stereocenters. The van der Waals surface area contributed by atoms with E-state index in [1.165, 1.54) is 35.2 Å². The number of carboxylic acid groups (broad SMARTS) is 1. The molecule has 0 atom stereocenters. The van der Waals surface area contributed by atoms with Crippen molar-refractivity contribution >= 4 is 17.6 Å². The Kier molecular flexibility index (Phi) is 3.75. The van der Waals surface area contributed by atoms with Crippen LogP contribution in [0.1, 0.15) is 29.8 Å². The summed E-state index contributed by atoms with van der Waals surface area (Å²) in [7, 11) is 0. The van der Waals surface area contributed by atoms with Crippen molar-refractivity contribution in [2.24, 2.45) is 0 Å². The zero-order valence-electron chi connectivity index (χ0n) is 13.2. The number of halogens is 1. The van der Waals surface area contributed by atoms with Crippen LogP contribution in [0.15, 0.2) is 42.5 Å². The molecule has 0 spiro atoms. The number of ether oxygens (including phenoxy) is 1. The Labute approximate surface area is 138 Å². The fraction of sp³-hybridized carbons (Fsp3) is 0.222. The van der Waals surface area contributed by atoms with Crippen LogP contribution in [0.2, 0.25) is 0 Å². The van der Waals surface area contributed by atoms with Gasteiger partial charge in [-0.25, -0.2) is 9.18 Å². The van der Waals surface area contributed by atoms with Crippen molar-refractivity contribution in [3.05, 3.63) is 59.4 Å². The molecule has 1 heterocycles. The normalized spacial score (nSPS) is 15.6. The third-order valence-electron chi connectivity index (χ3n) is 3.88. The van der Waals surface area contributed by atoms with E-state index in [9.17, 15) is 14.0 Å². The van der Waals surface area contributed by atoms with Gasteiger partial charge >= 0.3 is 5.97 Å². The summed E-state index contributed by atoms with van der Waals surface area (Å²) in [5, 5.41) is 8.95. The number of carboxylic acids is 1. The number of carbonyl (C=O) groups excluding carboxylic acids is 1. The highest BCUT2D eigenvalue weighted by molar-refractivity contribution is 6.02. The van der Waals surface area contributed by atoms with Crippen LogP contribution in [0.25, 0.3) is 0 Å². The van der Waals surface area contributed by atoms with Crippen molar-refractivity contribution in [2.75, 3.05) is 4.90 Å². The molecular weight excluding hydrogens is 313 g/mol. The number of hydrogen-bond acceptors (Lipinski definition) is 3. The first-order valence-electron chi connectivity index (χ1n) is 7.41. The fourth-order valence-corrected chi connectivity index (χ4v) is 2.63. The molecule has 0 aromatic heterocycles. The lowest BCUT2D eigenvalue weighted by atomic mass is 10.0. The Balaban J connectivity index is 1.98. The van der Waals surface area contributed by atoms with Gasteiger partial charge in [0.05, 0.1) is 17.8 Å². The van der Waals surface area contributed by atoms with Crippen LogP contribution in [-0.4, -0.2) is 22.6 Å². The molecule has 6 heteroatoms. The van der Waals surface area contributed by atoms with Gasteiger partial charge in [-0.3, -0.25) is 4.79 Å². The van der Waals surface area contributed by atoms with Gasteiger partial charge in [-0.1, -0.05) is 12.1 Å².